The van der Waals surface area contributed by atoms with E-state index >= 15 is 0 Å². The van der Waals surface area contributed by atoms with Crippen LogP contribution in [0.1, 0.15) is 5.56 Å². The molecule has 0 aromatic carbocycles. The van der Waals surface area contributed by atoms with Crippen molar-refractivity contribution in [3.05, 3.63) is 60.4 Å². The Labute approximate surface area is 128 Å². The van der Waals surface area contributed by atoms with Gasteiger partial charge in [-0.2, -0.15) is 13.2 Å². The number of aromatic nitrogens is 2. The predicted octanol–water partition coefficient (Wildman–Crippen LogP) is 2.34. The Morgan fingerprint density at radius 1 is 1.17 bits per heavy atom. The molecule has 120 valence electrons. The van der Waals surface area contributed by atoms with Gasteiger partial charge in [-0.25, -0.2) is 9.99 Å². The molecule has 0 radical (unpaired) electrons. The molecule has 1 aliphatic rings. The number of hydrazine groups is 2. The minimum absolute atomic E-state index is 0.107. The van der Waals surface area contributed by atoms with E-state index in [-0.39, 0.29) is 5.82 Å². The zero-order valence-electron chi connectivity index (χ0n) is 11.5. The minimum atomic E-state index is -4.46. The maximum Gasteiger partial charge on any atom is 0.417 e. The third kappa shape index (κ3) is 3.33. The minimum Gasteiger partial charge on any atom is -0.338 e. The summed E-state index contributed by atoms with van der Waals surface area (Å²) in [5.41, 5.74) is 2.37. The second kappa shape index (κ2) is 5.74. The van der Waals surface area contributed by atoms with Crippen LogP contribution in [0.3, 0.4) is 0 Å². The van der Waals surface area contributed by atoms with E-state index < -0.39 is 11.7 Å². The zero-order valence-corrected chi connectivity index (χ0v) is 11.5. The number of halogens is 3. The standard InChI is InChI=1S/C13H11F3N6O/c14-13(15,16)9-3-4-12(18-6-9)21-8-11(20-22(21)23)19-10-2-1-5-17-7-10/h1-8,19-20,23H. The van der Waals surface area contributed by atoms with Crippen LogP contribution in [0.25, 0.3) is 0 Å². The van der Waals surface area contributed by atoms with E-state index in [4.69, 9.17) is 0 Å². The molecule has 1 aliphatic heterocycles. The summed E-state index contributed by atoms with van der Waals surface area (Å²) in [4.78, 5) is 7.63. The SMILES string of the molecule is ON1NC(Nc2cccnc2)=CN1c1ccc(C(F)(F)F)cn1. The highest BCUT2D eigenvalue weighted by atomic mass is 19.4. The Morgan fingerprint density at radius 2 is 2.00 bits per heavy atom. The van der Waals surface area contributed by atoms with Crippen LogP contribution in [0, 0.1) is 0 Å². The lowest BCUT2D eigenvalue weighted by molar-refractivity contribution is -0.137. The second-order valence-electron chi connectivity index (χ2n) is 4.56. The molecular formula is C13H11F3N6O. The fraction of sp³-hybridized carbons (Fsp3) is 0.0769. The average Bonchev–Trinajstić information content (AvgIpc) is 2.88. The van der Waals surface area contributed by atoms with Crippen molar-refractivity contribution < 1.29 is 18.4 Å². The van der Waals surface area contributed by atoms with E-state index in [1.165, 1.54) is 6.20 Å². The lowest BCUT2D eigenvalue weighted by Gasteiger charge is -2.20. The molecule has 23 heavy (non-hydrogen) atoms. The Kier molecular flexibility index (Phi) is 3.76. The van der Waals surface area contributed by atoms with Crippen molar-refractivity contribution in [2.75, 3.05) is 10.3 Å². The number of nitrogens with one attached hydrogen (secondary N) is 2. The van der Waals surface area contributed by atoms with Crippen molar-refractivity contribution in [1.82, 2.24) is 20.7 Å². The van der Waals surface area contributed by atoms with Gasteiger partial charge >= 0.3 is 6.18 Å². The van der Waals surface area contributed by atoms with Gasteiger partial charge in [0, 0.05) is 17.7 Å². The van der Waals surface area contributed by atoms with E-state index in [2.05, 4.69) is 20.7 Å². The molecule has 0 saturated carbocycles. The quantitative estimate of drug-likeness (QED) is 0.800. The Balaban J connectivity index is 1.77. The molecule has 3 heterocycles. The van der Waals surface area contributed by atoms with Gasteiger partial charge in [0.1, 0.15) is 5.82 Å². The molecule has 0 saturated heterocycles. The molecule has 0 unspecified atom stereocenters. The summed E-state index contributed by atoms with van der Waals surface area (Å²) < 4.78 is 37.6. The third-order valence-corrected chi connectivity index (χ3v) is 2.93. The van der Waals surface area contributed by atoms with Crippen molar-refractivity contribution in [1.29, 1.82) is 0 Å². The van der Waals surface area contributed by atoms with Crippen LogP contribution < -0.4 is 15.8 Å². The lowest BCUT2D eigenvalue weighted by Crippen LogP contribution is -2.40. The first-order valence-electron chi connectivity index (χ1n) is 6.40. The topological polar surface area (TPSA) is 76.6 Å². The van der Waals surface area contributed by atoms with Crippen LogP contribution >= 0.6 is 0 Å². The van der Waals surface area contributed by atoms with Gasteiger partial charge in [-0.05, 0) is 24.3 Å². The van der Waals surface area contributed by atoms with E-state index in [0.717, 1.165) is 17.1 Å². The van der Waals surface area contributed by atoms with Gasteiger partial charge in [-0.15, -0.1) is 0 Å². The van der Waals surface area contributed by atoms with E-state index in [9.17, 15) is 18.4 Å². The summed E-state index contributed by atoms with van der Waals surface area (Å²) in [6.07, 6.45) is 0.852. The molecule has 0 atom stereocenters. The van der Waals surface area contributed by atoms with Gasteiger partial charge in [0.15, 0.2) is 5.82 Å². The van der Waals surface area contributed by atoms with Gasteiger partial charge in [0.05, 0.1) is 23.6 Å². The zero-order chi connectivity index (χ0) is 16.4. The number of anilines is 2. The number of hydrogen-bond donors (Lipinski definition) is 3. The molecule has 0 amide bonds. The highest BCUT2D eigenvalue weighted by molar-refractivity contribution is 5.50. The van der Waals surface area contributed by atoms with E-state index in [1.807, 2.05) is 0 Å². The summed E-state index contributed by atoms with van der Waals surface area (Å²) in [6, 6.07) is 5.52. The molecular weight excluding hydrogens is 313 g/mol. The van der Waals surface area contributed by atoms with Gasteiger partial charge in [0.25, 0.3) is 0 Å². The Bertz CT molecular complexity index is 704. The molecule has 0 aliphatic carbocycles. The van der Waals surface area contributed by atoms with Gasteiger partial charge < -0.3 is 5.32 Å². The number of hydrogen-bond acceptors (Lipinski definition) is 7. The Morgan fingerprint density at radius 3 is 2.61 bits per heavy atom. The maximum atomic E-state index is 12.5. The molecule has 3 N–H and O–H groups in total. The van der Waals surface area contributed by atoms with Gasteiger partial charge in [-0.1, -0.05) is 0 Å². The van der Waals surface area contributed by atoms with Crippen LogP contribution in [-0.4, -0.2) is 20.5 Å². The molecule has 2 aromatic heterocycles. The summed E-state index contributed by atoms with van der Waals surface area (Å²) in [5, 5.41) is 14.5. The highest BCUT2D eigenvalue weighted by Crippen LogP contribution is 2.29. The number of pyridine rings is 2. The van der Waals surface area contributed by atoms with Crippen LogP contribution in [0.4, 0.5) is 24.7 Å². The van der Waals surface area contributed by atoms with Gasteiger partial charge in [-0.3, -0.25) is 15.6 Å². The summed E-state index contributed by atoms with van der Waals surface area (Å²) in [6.45, 7) is 0. The summed E-state index contributed by atoms with van der Waals surface area (Å²) in [7, 11) is 0. The van der Waals surface area contributed by atoms with Crippen LogP contribution in [0.2, 0.25) is 0 Å². The number of alkyl halides is 3. The van der Waals surface area contributed by atoms with Crippen molar-refractivity contribution >= 4 is 11.5 Å². The fourth-order valence-electron chi connectivity index (χ4n) is 1.87. The molecule has 10 heteroatoms. The molecule has 0 fully saturated rings. The first-order chi connectivity index (χ1) is 10.9. The number of nitrogens with zero attached hydrogens (tertiary/aromatic N) is 4. The molecule has 2 aromatic rings. The molecule has 3 rings (SSSR count). The second-order valence-corrected chi connectivity index (χ2v) is 4.56. The van der Waals surface area contributed by atoms with E-state index in [1.54, 1.807) is 24.5 Å². The fourth-order valence-corrected chi connectivity index (χ4v) is 1.87. The normalized spacial score (nSPS) is 15.3. The third-order valence-electron chi connectivity index (χ3n) is 2.93. The summed E-state index contributed by atoms with van der Waals surface area (Å²) >= 11 is 0. The largest absolute Gasteiger partial charge is 0.417 e. The monoisotopic (exact) mass is 324 g/mol. The van der Waals surface area contributed by atoms with Crippen molar-refractivity contribution in [2.45, 2.75) is 6.18 Å². The van der Waals surface area contributed by atoms with E-state index in [0.29, 0.717) is 23.0 Å². The molecule has 0 bridgehead atoms. The average molecular weight is 324 g/mol. The Hall–Kier alpha value is -2.85. The molecule has 0 spiro atoms. The smallest absolute Gasteiger partial charge is 0.338 e. The molecule has 7 nitrogen and oxygen atoms in total. The van der Waals surface area contributed by atoms with Crippen molar-refractivity contribution in [3.8, 4) is 0 Å². The van der Waals surface area contributed by atoms with Crippen LogP contribution in [-0.2, 0) is 6.18 Å². The predicted molar refractivity (Wildman–Crippen MR) is 74.4 cm³/mol. The van der Waals surface area contributed by atoms with Crippen molar-refractivity contribution in [3.63, 3.8) is 0 Å². The highest BCUT2D eigenvalue weighted by Gasteiger charge is 2.31. The first-order valence-corrected chi connectivity index (χ1v) is 6.40. The maximum absolute atomic E-state index is 12.5. The van der Waals surface area contributed by atoms with Crippen LogP contribution in [0.15, 0.2) is 54.9 Å². The van der Waals surface area contributed by atoms with Crippen molar-refractivity contribution in [2.24, 2.45) is 0 Å². The van der Waals surface area contributed by atoms with Gasteiger partial charge in [0.2, 0.25) is 0 Å². The van der Waals surface area contributed by atoms with Crippen LogP contribution in [0.5, 0.6) is 0 Å². The number of rotatable bonds is 3. The summed E-state index contributed by atoms with van der Waals surface area (Å²) in [5.74, 6) is 0.498. The first kappa shape index (κ1) is 15.1. The lowest BCUT2D eigenvalue weighted by atomic mass is 10.3.